The van der Waals surface area contributed by atoms with Crippen LogP contribution < -0.4 is 16.4 Å². The number of nitrogens with one attached hydrogen (secondary N) is 2. The van der Waals surface area contributed by atoms with Gasteiger partial charge in [0, 0.05) is 17.4 Å². The summed E-state index contributed by atoms with van der Waals surface area (Å²) in [5.41, 5.74) is 7.65. The van der Waals surface area contributed by atoms with Gasteiger partial charge in [-0.3, -0.25) is 5.32 Å². The Morgan fingerprint density at radius 2 is 1.90 bits per heavy atom. The van der Waals surface area contributed by atoms with E-state index in [0.717, 1.165) is 17.9 Å². The summed E-state index contributed by atoms with van der Waals surface area (Å²) < 4.78 is 4.85. The summed E-state index contributed by atoms with van der Waals surface area (Å²) >= 11 is 0. The molecule has 0 saturated heterocycles. The van der Waals surface area contributed by atoms with E-state index < -0.39 is 6.09 Å². The predicted octanol–water partition coefficient (Wildman–Crippen LogP) is 3.18. The second-order valence-electron chi connectivity index (χ2n) is 5.45. The molecule has 1 amide bonds. The topological polar surface area (TPSA) is 76.4 Å². The minimum absolute atomic E-state index is 0.369. The van der Waals surface area contributed by atoms with Gasteiger partial charge in [0.25, 0.3) is 0 Å². The van der Waals surface area contributed by atoms with Crippen molar-refractivity contribution in [3.8, 4) is 0 Å². The molecule has 0 aliphatic heterocycles. The number of ether oxygens (including phenoxy) is 1. The number of carbonyl (C=O) groups excluding carboxylic acids is 1. The third-order valence-corrected chi connectivity index (χ3v) is 3.97. The van der Waals surface area contributed by atoms with Crippen LogP contribution in [0.3, 0.4) is 0 Å². The second-order valence-corrected chi connectivity index (χ2v) is 5.45. The molecule has 5 nitrogen and oxygen atoms in total. The molecule has 0 aromatic heterocycles. The number of nitrogens with two attached hydrogens (primary N) is 1. The molecule has 2 unspecified atom stereocenters. The van der Waals surface area contributed by atoms with Crippen LogP contribution in [-0.4, -0.2) is 25.3 Å². The van der Waals surface area contributed by atoms with Crippen LogP contribution >= 0.6 is 0 Å². The van der Waals surface area contributed by atoms with Crippen LogP contribution in [-0.2, 0) is 4.74 Å². The first-order valence-electron chi connectivity index (χ1n) is 7.73. The first kappa shape index (κ1) is 15.6. The van der Waals surface area contributed by atoms with Crippen molar-refractivity contribution in [2.24, 2.45) is 11.7 Å². The van der Waals surface area contributed by atoms with Crippen molar-refractivity contribution < 1.29 is 9.53 Å². The molecule has 2 rings (SSSR count). The van der Waals surface area contributed by atoms with Gasteiger partial charge in [0.15, 0.2) is 0 Å². The zero-order chi connectivity index (χ0) is 15.1. The van der Waals surface area contributed by atoms with Crippen LogP contribution in [0.1, 0.15) is 32.6 Å². The van der Waals surface area contributed by atoms with Crippen molar-refractivity contribution in [2.45, 2.75) is 38.6 Å². The van der Waals surface area contributed by atoms with Gasteiger partial charge in [-0.25, -0.2) is 4.79 Å². The Morgan fingerprint density at radius 1 is 1.24 bits per heavy atom. The minimum atomic E-state index is -0.423. The first-order chi connectivity index (χ1) is 10.2. The molecule has 21 heavy (non-hydrogen) atoms. The summed E-state index contributed by atoms with van der Waals surface area (Å²) in [4.78, 5) is 11.3. The maximum Gasteiger partial charge on any atom is 0.411 e. The van der Waals surface area contributed by atoms with E-state index in [9.17, 15) is 4.79 Å². The molecule has 0 bridgehead atoms. The van der Waals surface area contributed by atoms with Crippen LogP contribution in [0.2, 0.25) is 0 Å². The van der Waals surface area contributed by atoms with E-state index in [1.807, 2.05) is 24.3 Å². The van der Waals surface area contributed by atoms with E-state index in [2.05, 4.69) is 10.6 Å². The Kier molecular flexibility index (Phi) is 5.87. The maximum absolute atomic E-state index is 11.3. The van der Waals surface area contributed by atoms with Gasteiger partial charge in [-0.2, -0.15) is 0 Å². The summed E-state index contributed by atoms with van der Waals surface area (Å²) in [6.07, 6.45) is 4.49. The maximum atomic E-state index is 11.3. The van der Waals surface area contributed by atoms with Crippen LogP contribution in [0.25, 0.3) is 0 Å². The van der Waals surface area contributed by atoms with E-state index in [4.69, 9.17) is 10.5 Å². The zero-order valence-electron chi connectivity index (χ0n) is 12.6. The fourth-order valence-electron chi connectivity index (χ4n) is 2.83. The van der Waals surface area contributed by atoms with Gasteiger partial charge >= 0.3 is 6.09 Å². The van der Waals surface area contributed by atoms with Gasteiger partial charge in [0.05, 0.1) is 6.61 Å². The highest BCUT2D eigenvalue weighted by molar-refractivity contribution is 5.84. The predicted molar refractivity (Wildman–Crippen MR) is 85.5 cm³/mol. The Morgan fingerprint density at radius 3 is 2.57 bits per heavy atom. The monoisotopic (exact) mass is 291 g/mol. The lowest BCUT2D eigenvalue weighted by atomic mass is 9.84. The second kappa shape index (κ2) is 7.88. The van der Waals surface area contributed by atoms with Crippen LogP contribution in [0.4, 0.5) is 16.2 Å². The molecule has 0 heterocycles. The van der Waals surface area contributed by atoms with E-state index >= 15 is 0 Å². The number of hydrogen-bond acceptors (Lipinski definition) is 4. The number of hydrogen-bond donors (Lipinski definition) is 3. The van der Waals surface area contributed by atoms with Crippen LogP contribution in [0, 0.1) is 5.92 Å². The molecule has 116 valence electrons. The molecule has 1 aromatic rings. The molecule has 1 aromatic carbocycles. The Balaban J connectivity index is 1.91. The number of carbonyl (C=O) groups is 1. The highest BCUT2D eigenvalue weighted by Crippen LogP contribution is 2.27. The zero-order valence-corrected chi connectivity index (χ0v) is 12.6. The average Bonchev–Trinajstić information content (AvgIpc) is 2.50. The lowest BCUT2D eigenvalue weighted by Gasteiger charge is -2.32. The Bertz CT molecular complexity index is 447. The molecule has 0 spiro atoms. The number of amides is 1. The van der Waals surface area contributed by atoms with Gasteiger partial charge in [0.2, 0.25) is 0 Å². The van der Waals surface area contributed by atoms with Crippen LogP contribution in [0.5, 0.6) is 0 Å². The van der Waals surface area contributed by atoms with Gasteiger partial charge in [-0.1, -0.05) is 12.8 Å². The lowest BCUT2D eigenvalue weighted by Crippen LogP contribution is -2.36. The van der Waals surface area contributed by atoms with Crippen molar-refractivity contribution in [3.05, 3.63) is 24.3 Å². The summed E-state index contributed by atoms with van der Waals surface area (Å²) in [5.74, 6) is 0.552. The molecular formula is C16H25N3O2. The smallest absolute Gasteiger partial charge is 0.411 e. The van der Waals surface area contributed by atoms with E-state index in [1.54, 1.807) is 6.92 Å². The molecule has 2 atom stereocenters. The summed E-state index contributed by atoms with van der Waals surface area (Å²) in [6.45, 7) is 2.89. The molecular weight excluding hydrogens is 266 g/mol. The molecule has 1 aliphatic rings. The lowest BCUT2D eigenvalue weighted by molar-refractivity contribution is 0.168. The van der Waals surface area contributed by atoms with E-state index in [0.29, 0.717) is 18.6 Å². The molecule has 5 heteroatoms. The van der Waals surface area contributed by atoms with Crippen molar-refractivity contribution in [1.82, 2.24) is 0 Å². The number of anilines is 2. The van der Waals surface area contributed by atoms with Crippen molar-refractivity contribution in [3.63, 3.8) is 0 Å². The SMILES string of the molecule is CCOC(=O)Nc1ccc(NC2CCCCC2CN)cc1. The van der Waals surface area contributed by atoms with Gasteiger partial charge < -0.3 is 15.8 Å². The third-order valence-electron chi connectivity index (χ3n) is 3.97. The summed E-state index contributed by atoms with van der Waals surface area (Å²) in [7, 11) is 0. The van der Waals surface area contributed by atoms with Crippen molar-refractivity contribution in [1.29, 1.82) is 0 Å². The molecule has 1 saturated carbocycles. The van der Waals surface area contributed by atoms with Crippen molar-refractivity contribution in [2.75, 3.05) is 23.8 Å². The standard InChI is InChI=1S/C16H25N3O2/c1-2-21-16(20)19-14-9-7-13(8-10-14)18-15-6-4-3-5-12(15)11-17/h7-10,12,15,18H,2-6,11,17H2,1H3,(H,19,20). The van der Waals surface area contributed by atoms with Crippen molar-refractivity contribution >= 4 is 17.5 Å². The first-order valence-corrected chi connectivity index (χ1v) is 7.73. The van der Waals surface area contributed by atoms with Gasteiger partial charge in [0.1, 0.15) is 0 Å². The fraction of sp³-hybridized carbons (Fsp3) is 0.562. The van der Waals surface area contributed by atoms with Gasteiger partial charge in [-0.15, -0.1) is 0 Å². The third kappa shape index (κ3) is 4.63. The summed E-state index contributed by atoms with van der Waals surface area (Å²) in [6, 6.07) is 8.15. The Labute approximate surface area is 126 Å². The number of benzene rings is 1. The number of rotatable bonds is 5. The van der Waals surface area contributed by atoms with Gasteiger partial charge in [-0.05, 0) is 56.5 Å². The highest BCUT2D eigenvalue weighted by atomic mass is 16.5. The fourth-order valence-corrected chi connectivity index (χ4v) is 2.83. The molecule has 1 aliphatic carbocycles. The highest BCUT2D eigenvalue weighted by Gasteiger charge is 2.23. The van der Waals surface area contributed by atoms with E-state index in [-0.39, 0.29) is 0 Å². The largest absolute Gasteiger partial charge is 0.450 e. The summed E-state index contributed by atoms with van der Waals surface area (Å²) in [5, 5.41) is 6.25. The Hall–Kier alpha value is -1.75. The quantitative estimate of drug-likeness (QED) is 0.778. The molecule has 1 fully saturated rings. The van der Waals surface area contributed by atoms with E-state index in [1.165, 1.54) is 25.7 Å². The molecule has 0 radical (unpaired) electrons. The average molecular weight is 291 g/mol. The normalized spacial score (nSPS) is 21.6. The molecule has 4 N–H and O–H groups in total. The minimum Gasteiger partial charge on any atom is -0.450 e. The van der Waals surface area contributed by atoms with Crippen LogP contribution in [0.15, 0.2) is 24.3 Å².